The number of hydrogen-bond donors (Lipinski definition) is 1. The number of nitrogens with one attached hydrogen (secondary N) is 1. The van der Waals surface area contributed by atoms with E-state index in [1.165, 1.54) is 6.07 Å². The Morgan fingerprint density at radius 3 is 2.41 bits per heavy atom. The molecule has 0 bridgehead atoms. The molecule has 6 heteroatoms. The van der Waals surface area contributed by atoms with Gasteiger partial charge < -0.3 is 10.1 Å². The average molecular weight is 326 g/mol. The van der Waals surface area contributed by atoms with Crippen molar-refractivity contribution in [3.05, 3.63) is 59.1 Å². The third-order valence-electron chi connectivity index (χ3n) is 2.98. The van der Waals surface area contributed by atoms with Crippen LogP contribution in [0.25, 0.3) is 0 Å². The summed E-state index contributed by atoms with van der Waals surface area (Å²) in [6.45, 7) is 1.72. The van der Waals surface area contributed by atoms with Gasteiger partial charge in [0, 0.05) is 0 Å². The minimum atomic E-state index is -0.918. The summed E-state index contributed by atoms with van der Waals surface area (Å²) in [6.07, 6.45) is -0.605. The fourth-order valence-electron chi connectivity index (χ4n) is 1.84. The molecule has 2 aromatic carbocycles. The van der Waals surface area contributed by atoms with Crippen molar-refractivity contribution in [2.75, 3.05) is 5.32 Å². The molecular formula is C16H14ClF2NO2. The van der Waals surface area contributed by atoms with Crippen molar-refractivity contribution < 1.29 is 18.3 Å². The number of anilines is 1. The van der Waals surface area contributed by atoms with Crippen molar-refractivity contribution >= 4 is 23.2 Å². The Balaban J connectivity index is 2.14. The van der Waals surface area contributed by atoms with E-state index in [1.807, 2.05) is 0 Å². The number of benzene rings is 2. The van der Waals surface area contributed by atoms with Crippen LogP contribution in [-0.4, -0.2) is 12.0 Å². The van der Waals surface area contributed by atoms with Crippen LogP contribution in [-0.2, 0) is 4.79 Å². The minimum absolute atomic E-state index is 0.313. The lowest BCUT2D eigenvalue weighted by Crippen LogP contribution is -2.33. The average Bonchev–Trinajstić information content (AvgIpc) is 2.50. The molecule has 0 radical (unpaired) electrons. The first-order valence-corrected chi connectivity index (χ1v) is 7.06. The molecule has 2 rings (SSSR count). The van der Waals surface area contributed by atoms with Gasteiger partial charge in [-0.2, -0.15) is 0 Å². The Bertz CT molecular complexity index is 659. The highest BCUT2D eigenvalue weighted by Gasteiger charge is 2.22. The summed E-state index contributed by atoms with van der Waals surface area (Å²) >= 11 is 5.96. The third-order valence-corrected chi connectivity index (χ3v) is 3.29. The first-order chi connectivity index (χ1) is 10.5. The van der Waals surface area contributed by atoms with Gasteiger partial charge in [0.05, 0.1) is 5.02 Å². The maximum absolute atomic E-state index is 13.6. The Kier molecular flexibility index (Phi) is 5.33. The minimum Gasteiger partial charge on any atom is -0.479 e. The first kappa shape index (κ1) is 16.2. The predicted octanol–water partition coefficient (Wildman–Crippen LogP) is 4.41. The second kappa shape index (κ2) is 7.22. The van der Waals surface area contributed by atoms with Crippen LogP contribution in [0.2, 0.25) is 5.02 Å². The molecule has 0 fully saturated rings. The summed E-state index contributed by atoms with van der Waals surface area (Å²) in [5.41, 5.74) is -0.492. The lowest BCUT2D eigenvalue weighted by atomic mass is 10.2. The lowest BCUT2D eigenvalue weighted by molar-refractivity contribution is -0.122. The highest BCUT2D eigenvalue weighted by molar-refractivity contribution is 6.32. The number of hydrogen-bond acceptors (Lipinski definition) is 2. The van der Waals surface area contributed by atoms with E-state index in [9.17, 15) is 13.6 Å². The zero-order valence-electron chi connectivity index (χ0n) is 11.8. The van der Waals surface area contributed by atoms with Gasteiger partial charge in [0.25, 0.3) is 5.91 Å². The second-order valence-corrected chi connectivity index (χ2v) is 4.94. The van der Waals surface area contributed by atoms with Gasteiger partial charge in [-0.1, -0.05) is 36.7 Å². The van der Waals surface area contributed by atoms with Crippen LogP contribution < -0.4 is 10.1 Å². The van der Waals surface area contributed by atoms with E-state index < -0.39 is 29.3 Å². The molecule has 2 aromatic rings. The van der Waals surface area contributed by atoms with Gasteiger partial charge in [-0.3, -0.25) is 4.79 Å². The Labute approximate surface area is 131 Å². The highest BCUT2D eigenvalue weighted by atomic mass is 35.5. The van der Waals surface area contributed by atoms with Gasteiger partial charge in [0.15, 0.2) is 6.10 Å². The predicted molar refractivity (Wildman–Crippen MR) is 81.1 cm³/mol. The van der Waals surface area contributed by atoms with Crippen LogP contribution in [0.4, 0.5) is 14.5 Å². The molecule has 1 N–H and O–H groups in total. The fraction of sp³-hybridized carbons (Fsp3) is 0.188. The van der Waals surface area contributed by atoms with Gasteiger partial charge in [-0.25, -0.2) is 8.78 Å². The number of ether oxygens (including phenoxy) is 1. The molecule has 22 heavy (non-hydrogen) atoms. The maximum atomic E-state index is 13.6. The fourth-order valence-corrected chi connectivity index (χ4v) is 2.02. The topological polar surface area (TPSA) is 38.3 Å². The molecule has 116 valence electrons. The molecule has 1 amide bonds. The molecule has 3 nitrogen and oxygen atoms in total. The van der Waals surface area contributed by atoms with Crippen molar-refractivity contribution in [3.63, 3.8) is 0 Å². The molecular weight excluding hydrogens is 312 g/mol. The molecule has 0 aliphatic heterocycles. The summed E-state index contributed by atoms with van der Waals surface area (Å²) in [6, 6.07) is 10.0. The SMILES string of the molecule is CC[C@H](Oc1ccccc1Cl)C(=O)Nc1c(F)cccc1F. The quantitative estimate of drug-likeness (QED) is 0.884. The Morgan fingerprint density at radius 2 is 1.82 bits per heavy atom. The smallest absolute Gasteiger partial charge is 0.265 e. The molecule has 0 aliphatic carbocycles. The second-order valence-electron chi connectivity index (χ2n) is 4.53. The van der Waals surface area contributed by atoms with Crippen LogP contribution in [0.3, 0.4) is 0 Å². The van der Waals surface area contributed by atoms with E-state index >= 15 is 0 Å². The molecule has 0 heterocycles. The molecule has 0 spiro atoms. The normalized spacial score (nSPS) is 11.8. The van der Waals surface area contributed by atoms with Crippen molar-refractivity contribution in [3.8, 4) is 5.75 Å². The zero-order chi connectivity index (χ0) is 16.1. The van der Waals surface area contributed by atoms with Crippen molar-refractivity contribution in [1.82, 2.24) is 0 Å². The van der Waals surface area contributed by atoms with Gasteiger partial charge in [0.2, 0.25) is 0 Å². The van der Waals surface area contributed by atoms with Gasteiger partial charge in [-0.15, -0.1) is 0 Å². The monoisotopic (exact) mass is 325 g/mol. The summed E-state index contributed by atoms with van der Waals surface area (Å²) in [7, 11) is 0. The van der Waals surface area contributed by atoms with Crippen molar-refractivity contribution in [2.24, 2.45) is 0 Å². The molecule has 0 aromatic heterocycles. The standard InChI is InChI=1S/C16H14ClF2NO2/c1-2-13(22-14-9-4-3-6-10(14)17)16(21)20-15-11(18)7-5-8-12(15)19/h3-9,13H,2H2,1H3,(H,20,21)/t13-/m0/s1. The van der Waals surface area contributed by atoms with Crippen LogP contribution in [0, 0.1) is 11.6 Å². The number of carbonyl (C=O) groups is 1. The van der Waals surface area contributed by atoms with Crippen LogP contribution in [0.5, 0.6) is 5.75 Å². The molecule has 0 saturated carbocycles. The van der Waals surface area contributed by atoms with Crippen LogP contribution >= 0.6 is 11.6 Å². The Morgan fingerprint density at radius 1 is 1.18 bits per heavy atom. The number of para-hydroxylation sites is 2. The van der Waals surface area contributed by atoms with Gasteiger partial charge >= 0.3 is 0 Å². The van der Waals surface area contributed by atoms with E-state index in [0.29, 0.717) is 17.2 Å². The molecule has 0 unspecified atom stereocenters. The molecule has 0 aliphatic rings. The summed E-state index contributed by atoms with van der Waals surface area (Å²) in [4.78, 5) is 12.2. The van der Waals surface area contributed by atoms with E-state index in [2.05, 4.69) is 5.32 Å². The number of carbonyl (C=O) groups excluding carboxylic acids is 1. The summed E-state index contributed by atoms with van der Waals surface area (Å²) in [5, 5.41) is 2.56. The van der Waals surface area contributed by atoms with E-state index in [-0.39, 0.29) is 0 Å². The number of halogens is 3. The lowest BCUT2D eigenvalue weighted by Gasteiger charge is -2.18. The summed E-state index contributed by atoms with van der Waals surface area (Å²) in [5.74, 6) is -2.01. The van der Waals surface area contributed by atoms with Crippen molar-refractivity contribution in [2.45, 2.75) is 19.4 Å². The summed E-state index contributed by atoms with van der Waals surface area (Å²) < 4.78 is 32.6. The van der Waals surface area contributed by atoms with E-state index in [4.69, 9.17) is 16.3 Å². The van der Waals surface area contributed by atoms with Gasteiger partial charge in [-0.05, 0) is 30.7 Å². The van der Waals surface area contributed by atoms with Crippen LogP contribution in [0.15, 0.2) is 42.5 Å². The van der Waals surface area contributed by atoms with E-state index in [0.717, 1.165) is 12.1 Å². The third kappa shape index (κ3) is 3.74. The highest BCUT2D eigenvalue weighted by Crippen LogP contribution is 2.25. The first-order valence-electron chi connectivity index (χ1n) is 6.69. The van der Waals surface area contributed by atoms with Crippen LogP contribution in [0.1, 0.15) is 13.3 Å². The molecule has 0 saturated heterocycles. The van der Waals surface area contributed by atoms with Gasteiger partial charge in [0.1, 0.15) is 23.1 Å². The molecule has 1 atom stereocenters. The Hall–Kier alpha value is -2.14. The van der Waals surface area contributed by atoms with E-state index in [1.54, 1.807) is 31.2 Å². The maximum Gasteiger partial charge on any atom is 0.265 e. The van der Waals surface area contributed by atoms with Crippen molar-refractivity contribution in [1.29, 1.82) is 0 Å². The zero-order valence-corrected chi connectivity index (χ0v) is 12.5. The number of amides is 1. The number of rotatable bonds is 5. The largest absolute Gasteiger partial charge is 0.479 e.